The third kappa shape index (κ3) is 8.72. The van der Waals surface area contributed by atoms with Crippen LogP contribution < -0.4 is 4.74 Å². The molecule has 2 aromatic rings. The van der Waals surface area contributed by atoms with Gasteiger partial charge in [-0.3, -0.25) is 14.5 Å². The Morgan fingerprint density at radius 1 is 0.974 bits per heavy atom. The molecule has 1 fully saturated rings. The molecule has 1 aliphatic heterocycles. The quantitative estimate of drug-likeness (QED) is 0.263. The molecule has 0 amide bonds. The van der Waals surface area contributed by atoms with Gasteiger partial charge in [0.25, 0.3) is 0 Å². The highest BCUT2D eigenvalue weighted by Crippen LogP contribution is 2.34. The number of phenolic OH excluding ortho intramolecular Hbond substituents is 1. The maximum absolute atomic E-state index is 11.0. The molecule has 0 aromatic heterocycles. The van der Waals surface area contributed by atoms with Crippen molar-refractivity contribution in [3.05, 3.63) is 59.2 Å². The smallest absolute Gasteiger partial charge is 0.336 e. The van der Waals surface area contributed by atoms with Gasteiger partial charge in [-0.05, 0) is 50.5 Å². The molecule has 0 bridgehead atoms. The molecule has 0 spiro atoms. The Bertz CT molecular complexity index is 1090. The molecular weight excluding hydrogens is 498 g/mol. The summed E-state index contributed by atoms with van der Waals surface area (Å²) in [5.74, 6) is -3.94. The monoisotopic (exact) mass is 533 g/mol. The van der Waals surface area contributed by atoms with E-state index in [1.165, 1.54) is 5.56 Å². The van der Waals surface area contributed by atoms with Crippen molar-refractivity contribution in [2.75, 3.05) is 19.7 Å². The molecule has 11 heteroatoms. The van der Waals surface area contributed by atoms with Crippen molar-refractivity contribution in [2.24, 2.45) is 0 Å². The van der Waals surface area contributed by atoms with Gasteiger partial charge in [-0.2, -0.15) is 0 Å². The van der Waals surface area contributed by atoms with Crippen molar-refractivity contribution >= 4 is 17.9 Å². The topological polar surface area (TPSA) is 185 Å². The van der Waals surface area contributed by atoms with E-state index in [0.29, 0.717) is 31.7 Å². The van der Waals surface area contributed by atoms with Gasteiger partial charge in [-0.15, -0.1) is 0 Å². The fraction of sp³-hybridized carbons (Fsp3) is 0.444. The number of aromatic hydroxyl groups is 1. The van der Waals surface area contributed by atoms with Crippen LogP contribution in [0.15, 0.2) is 42.5 Å². The maximum Gasteiger partial charge on any atom is 0.336 e. The number of piperidine rings is 1. The molecule has 0 atom stereocenters. The van der Waals surface area contributed by atoms with Crippen LogP contribution in [-0.2, 0) is 26.5 Å². The first-order valence-electron chi connectivity index (χ1n) is 12.1. The van der Waals surface area contributed by atoms with Gasteiger partial charge in [0.15, 0.2) is 5.60 Å². The number of aliphatic carboxylic acids is 3. The van der Waals surface area contributed by atoms with Crippen LogP contribution >= 0.6 is 0 Å². The lowest BCUT2D eigenvalue weighted by atomic mass is 9.84. The summed E-state index contributed by atoms with van der Waals surface area (Å²) in [7, 11) is 0. The minimum absolute atomic E-state index is 0.294. The lowest BCUT2D eigenvalue weighted by Gasteiger charge is -2.38. The molecule has 1 saturated heterocycles. The van der Waals surface area contributed by atoms with Crippen molar-refractivity contribution < 1.29 is 49.8 Å². The molecule has 0 unspecified atom stereocenters. The number of aliphatic hydroxyl groups is 2. The van der Waals surface area contributed by atoms with Crippen LogP contribution in [0.4, 0.5) is 0 Å². The number of ether oxygens (including phenoxy) is 1. The molecule has 0 radical (unpaired) electrons. The van der Waals surface area contributed by atoms with Gasteiger partial charge < -0.3 is 35.4 Å². The van der Waals surface area contributed by atoms with Gasteiger partial charge in [0, 0.05) is 25.2 Å². The van der Waals surface area contributed by atoms with E-state index in [-0.39, 0.29) is 0 Å². The van der Waals surface area contributed by atoms with Gasteiger partial charge in [0.2, 0.25) is 0 Å². The van der Waals surface area contributed by atoms with Crippen LogP contribution in [0, 0.1) is 6.92 Å². The van der Waals surface area contributed by atoms with Crippen molar-refractivity contribution in [2.45, 2.75) is 57.3 Å². The zero-order valence-electron chi connectivity index (χ0n) is 21.5. The van der Waals surface area contributed by atoms with Crippen molar-refractivity contribution in [3.63, 3.8) is 0 Å². The second kappa shape index (κ2) is 13.2. The second-order valence-electron chi connectivity index (χ2n) is 9.38. The summed E-state index contributed by atoms with van der Waals surface area (Å²) in [4.78, 5) is 32.8. The molecule has 1 aliphatic rings. The van der Waals surface area contributed by atoms with E-state index < -0.39 is 42.0 Å². The first-order valence-corrected chi connectivity index (χ1v) is 12.1. The zero-order valence-corrected chi connectivity index (χ0v) is 21.5. The summed E-state index contributed by atoms with van der Waals surface area (Å²) < 4.78 is 5.52. The normalized spacial score (nSPS) is 15.2. The third-order valence-corrected chi connectivity index (χ3v) is 6.31. The van der Waals surface area contributed by atoms with Gasteiger partial charge in [-0.25, -0.2) is 4.79 Å². The largest absolute Gasteiger partial charge is 0.508 e. The van der Waals surface area contributed by atoms with Gasteiger partial charge >= 0.3 is 17.9 Å². The van der Waals surface area contributed by atoms with E-state index in [9.17, 15) is 24.6 Å². The number of carboxylic acids is 3. The van der Waals surface area contributed by atoms with Gasteiger partial charge in [0.05, 0.1) is 25.0 Å². The number of rotatable bonds is 10. The molecule has 208 valence electrons. The summed E-state index contributed by atoms with van der Waals surface area (Å²) >= 11 is 0. The number of nitrogens with zero attached hydrogens (tertiary/aromatic N) is 1. The van der Waals surface area contributed by atoms with Crippen molar-refractivity contribution in [1.29, 1.82) is 0 Å². The van der Waals surface area contributed by atoms with E-state index in [0.717, 1.165) is 30.0 Å². The van der Waals surface area contributed by atoms with Crippen molar-refractivity contribution in [3.8, 4) is 11.5 Å². The maximum atomic E-state index is 11.0. The van der Waals surface area contributed by atoms with E-state index in [2.05, 4.69) is 24.0 Å². The van der Waals surface area contributed by atoms with Gasteiger partial charge in [-0.1, -0.05) is 29.8 Å². The molecule has 1 heterocycles. The molecule has 3 rings (SSSR count). The van der Waals surface area contributed by atoms with E-state index in [4.69, 9.17) is 25.2 Å². The molecule has 0 aliphatic carbocycles. The summed E-state index contributed by atoms with van der Waals surface area (Å²) in [5.41, 5.74) is -0.419. The average Bonchev–Trinajstić information content (AvgIpc) is 2.82. The van der Waals surface area contributed by atoms with Crippen LogP contribution in [0.2, 0.25) is 0 Å². The summed E-state index contributed by atoms with van der Waals surface area (Å²) in [6, 6.07) is 13.5. The fourth-order valence-corrected chi connectivity index (χ4v) is 4.13. The number of hydrogen-bond donors (Lipinski definition) is 6. The highest BCUT2D eigenvalue weighted by molar-refractivity contribution is 5.88. The summed E-state index contributed by atoms with van der Waals surface area (Å²) in [5, 5.41) is 54.9. The average molecular weight is 534 g/mol. The number of benzene rings is 2. The molecule has 38 heavy (non-hydrogen) atoms. The van der Waals surface area contributed by atoms with E-state index in [1.54, 1.807) is 12.1 Å². The zero-order chi connectivity index (χ0) is 28.5. The number of aryl methyl sites for hydroxylation is 1. The van der Waals surface area contributed by atoms with Crippen LogP contribution in [0.5, 0.6) is 11.5 Å². The van der Waals surface area contributed by atoms with Crippen LogP contribution in [0.3, 0.4) is 0 Å². The minimum Gasteiger partial charge on any atom is -0.508 e. The van der Waals surface area contributed by atoms with Crippen molar-refractivity contribution in [1.82, 2.24) is 4.90 Å². The predicted molar refractivity (Wildman–Crippen MR) is 136 cm³/mol. The number of hydrogen-bond acceptors (Lipinski definition) is 8. The molecule has 11 nitrogen and oxygen atoms in total. The summed E-state index contributed by atoms with van der Waals surface area (Å²) in [6.07, 6.45) is -0.896. The first-order chi connectivity index (χ1) is 17.8. The third-order valence-electron chi connectivity index (χ3n) is 6.31. The minimum atomic E-state index is -2.74. The Kier molecular flexibility index (Phi) is 10.6. The fourth-order valence-electron chi connectivity index (χ4n) is 4.13. The molecular formula is C27H35NO10. The van der Waals surface area contributed by atoms with Crippen LogP contribution in [0.1, 0.15) is 49.3 Å². The van der Waals surface area contributed by atoms with E-state index >= 15 is 0 Å². The Morgan fingerprint density at radius 3 is 2.00 bits per heavy atom. The van der Waals surface area contributed by atoms with Gasteiger partial charge in [0.1, 0.15) is 11.5 Å². The Balaban J connectivity index is 0.000000332. The SMILES string of the molecule is CCOc1ccc(O)c(CN2CCC(O)(c3ccc(C)cc3)CC2)c1.O=C(O)CC(O)(CC(=O)O)C(=O)O. The highest BCUT2D eigenvalue weighted by atomic mass is 16.5. The summed E-state index contributed by atoms with van der Waals surface area (Å²) in [6.45, 7) is 6.86. The van der Waals surface area contributed by atoms with Crippen LogP contribution in [0.25, 0.3) is 0 Å². The second-order valence-corrected chi connectivity index (χ2v) is 9.38. The Morgan fingerprint density at radius 2 is 1.53 bits per heavy atom. The predicted octanol–water partition coefficient (Wildman–Crippen LogP) is 2.33. The lowest BCUT2D eigenvalue weighted by molar-refractivity contribution is -0.170. The van der Waals surface area contributed by atoms with E-state index in [1.807, 2.05) is 25.1 Å². The molecule has 0 saturated carbocycles. The highest BCUT2D eigenvalue weighted by Gasteiger charge is 2.40. The standard InChI is InChI=1S/C21H27NO3.C6H8O7/c1-3-25-19-8-9-20(23)17(14-19)15-22-12-10-21(24,11-13-22)18-6-4-16(2)5-7-18;7-3(8)1-6(13,5(11)12)2-4(9)10/h4-9,14,23-24H,3,10-13,15H2,1-2H3;13H,1-2H2,(H,7,8)(H,9,10)(H,11,12). The lowest BCUT2D eigenvalue weighted by Crippen LogP contribution is -2.42. The molecule has 2 aromatic carbocycles. The number of likely N-dealkylation sites (tertiary alicyclic amines) is 1. The Labute approximate surface area is 220 Å². The number of phenols is 1. The first kappa shape index (κ1) is 30.6. The van der Waals surface area contributed by atoms with Crippen LogP contribution in [-0.4, -0.2) is 78.7 Å². The Hall–Kier alpha value is -3.67. The number of carbonyl (C=O) groups is 3. The molecule has 6 N–H and O–H groups in total. The number of carboxylic acid groups (broad SMARTS) is 3.